The zero-order valence-electron chi connectivity index (χ0n) is 12.5. The molecule has 0 aromatic carbocycles. The van der Waals surface area contributed by atoms with Gasteiger partial charge in [0.05, 0.1) is 0 Å². The van der Waals surface area contributed by atoms with Crippen LogP contribution in [-0.4, -0.2) is 36.1 Å². The van der Waals surface area contributed by atoms with Crippen molar-refractivity contribution in [2.75, 3.05) is 19.6 Å². The van der Waals surface area contributed by atoms with Crippen molar-refractivity contribution in [3.05, 3.63) is 0 Å². The third-order valence-corrected chi connectivity index (χ3v) is 6.65. The zero-order valence-corrected chi connectivity index (χ0v) is 12.5. The van der Waals surface area contributed by atoms with Gasteiger partial charge in [-0.15, -0.1) is 0 Å². The van der Waals surface area contributed by atoms with Crippen LogP contribution in [0.3, 0.4) is 0 Å². The van der Waals surface area contributed by atoms with E-state index in [9.17, 15) is 0 Å². The molecule has 5 fully saturated rings. The normalized spacial score (nSPS) is 50.4. The van der Waals surface area contributed by atoms with Crippen molar-refractivity contribution in [1.82, 2.24) is 10.2 Å². The van der Waals surface area contributed by atoms with Gasteiger partial charge in [0.1, 0.15) is 0 Å². The summed E-state index contributed by atoms with van der Waals surface area (Å²) in [6, 6.07) is 0.746. The van der Waals surface area contributed by atoms with Crippen molar-refractivity contribution < 1.29 is 0 Å². The first-order chi connectivity index (χ1) is 9.27. The molecular formula is C17H30N2. The average molecular weight is 262 g/mol. The van der Waals surface area contributed by atoms with E-state index >= 15 is 0 Å². The van der Waals surface area contributed by atoms with Crippen LogP contribution in [0.25, 0.3) is 0 Å². The fraction of sp³-hybridized carbons (Fsp3) is 1.00. The first kappa shape index (κ1) is 12.6. The molecule has 0 aromatic heterocycles. The van der Waals surface area contributed by atoms with Gasteiger partial charge in [-0.1, -0.05) is 6.92 Å². The summed E-state index contributed by atoms with van der Waals surface area (Å²) in [7, 11) is 0. The maximum Gasteiger partial charge on any atom is 0.0218 e. The van der Waals surface area contributed by atoms with E-state index in [-0.39, 0.29) is 0 Å². The van der Waals surface area contributed by atoms with Crippen LogP contribution in [0.1, 0.15) is 58.3 Å². The molecule has 19 heavy (non-hydrogen) atoms. The number of hydrogen-bond acceptors (Lipinski definition) is 2. The molecule has 4 saturated carbocycles. The topological polar surface area (TPSA) is 15.3 Å². The van der Waals surface area contributed by atoms with E-state index in [0.717, 1.165) is 23.8 Å². The van der Waals surface area contributed by atoms with Gasteiger partial charge in [-0.25, -0.2) is 0 Å². The van der Waals surface area contributed by atoms with E-state index in [0.29, 0.717) is 5.54 Å². The van der Waals surface area contributed by atoms with E-state index in [2.05, 4.69) is 17.1 Å². The quantitative estimate of drug-likeness (QED) is 0.823. The molecule has 108 valence electrons. The lowest BCUT2D eigenvalue weighted by atomic mass is 9.52. The lowest BCUT2D eigenvalue weighted by molar-refractivity contribution is -0.0890. The van der Waals surface area contributed by atoms with Crippen LogP contribution in [-0.2, 0) is 0 Å². The molecule has 0 amide bonds. The highest BCUT2D eigenvalue weighted by Crippen LogP contribution is 2.57. The van der Waals surface area contributed by atoms with Crippen LogP contribution in [0.15, 0.2) is 0 Å². The zero-order chi connectivity index (χ0) is 12.9. The summed E-state index contributed by atoms with van der Waals surface area (Å²) in [4.78, 5) is 2.95. The molecule has 5 aliphatic rings. The Hall–Kier alpha value is -0.0800. The Morgan fingerprint density at radius 1 is 1.05 bits per heavy atom. The number of rotatable bonds is 2. The fourth-order valence-electron chi connectivity index (χ4n) is 6.15. The smallest absolute Gasteiger partial charge is 0.0218 e. The van der Waals surface area contributed by atoms with Gasteiger partial charge in [-0.2, -0.15) is 0 Å². The molecule has 1 aliphatic heterocycles. The minimum atomic E-state index is 0.633. The predicted octanol–water partition coefficient (Wildman–Crippen LogP) is 3.03. The molecule has 0 spiro atoms. The molecule has 1 saturated heterocycles. The van der Waals surface area contributed by atoms with Crippen molar-refractivity contribution >= 4 is 0 Å². The van der Waals surface area contributed by atoms with E-state index in [1.165, 1.54) is 51.7 Å². The van der Waals surface area contributed by atoms with E-state index in [1.54, 1.807) is 19.3 Å². The Balaban J connectivity index is 1.56. The van der Waals surface area contributed by atoms with Crippen molar-refractivity contribution in [1.29, 1.82) is 0 Å². The second-order valence-corrected chi connectivity index (χ2v) is 8.00. The van der Waals surface area contributed by atoms with E-state index in [1.807, 2.05) is 0 Å². The summed E-state index contributed by atoms with van der Waals surface area (Å²) in [5, 5.41) is 3.75. The molecule has 5 rings (SSSR count). The predicted molar refractivity (Wildman–Crippen MR) is 79.2 cm³/mol. The third-order valence-electron chi connectivity index (χ3n) is 6.65. The van der Waals surface area contributed by atoms with Crippen LogP contribution in [0.2, 0.25) is 0 Å². The molecule has 0 radical (unpaired) electrons. The Morgan fingerprint density at radius 3 is 2.26 bits per heavy atom. The Kier molecular flexibility index (Phi) is 3.15. The third kappa shape index (κ3) is 2.15. The van der Waals surface area contributed by atoms with Gasteiger partial charge in [-0.3, -0.25) is 4.90 Å². The van der Waals surface area contributed by atoms with Crippen molar-refractivity contribution in [2.24, 2.45) is 17.8 Å². The highest BCUT2D eigenvalue weighted by molar-refractivity contribution is 5.08. The maximum absolute atomic E-state index is 3.75. The highest BCUT2D eigenvalue weighted by Gasteiger charge is 2.53. The maximum atomic E-state index is 3.75. The van der Waals surface area contributed by atoms with E-state index in [4.69, 9.17) is 0 Å². The fourth-order valence-corrected chi connectivity index (χ4v) is 6.15. The first-order valence-electron chi connectivity index (χ1n) is 8.76. The van der Waals surface area contributed by atoms with Gasteiger partial charge in [0, 0.05) is 18.1 Å². The number of hydrogen-bond donors (Lipinski definition) is 1. The SMILES string of the molecule is CCC1CN(C23CC4CC(CC(C4)C2)C3)CCCN1. The first-order valence-corrected chi connectivity index (χ1v) is 8.76. The lowest BCUT2D eigenvalue weighted by Gasteiger charge is -2.61. The van der Waals surface area contributed by atoms with Crippen LogP contribution >= 0.6 is 0 Å². The molecule has 4 aliphatic carbocycles. The van der Waals surface area contributed by atoms with Crippen molar-refractivity contribution in [2.45, 2.75) is 69.9 Å². The average Bonchev–Trinajstić information content (AvgIpc) is 2.62. The molecule has 1 atom stereocenters. The van der Waals surface area contributed by atoms with Gasteiger partial charge in [0.2, 0.25) is 0 Å². The Morgan fingerprint density at radius 2 is 1.68 bits per heavy atom. The molecule has 1 heterocycles. The molecule has 1 unspecified atom stereocenters. The van der Waals surface area contributed by atoms with Gasteiger partial charge in [0.15, 0.2) is 0 Å². The minimum absolute atomic E-state index is 0.633. The Bertz CT molecular complexity index is 303. The van der Waals surface area contributed by atoms with Gasteiger partial charge in [0.25, 0.3) is 0 Å². The summed E-state index contributed by atoms with van der Waals surface area (Å²) in [5.41, 5.74) is 0.633. The molecule has 0 aromatic rings. The summed E-state index contributed by atoms with van der Waals surface area (Å²) in [6.07, 6.45) is 12.0. The summed E-state index contributed by atoms with van der Waals surface area (Å²) < 4.78 is 0. The van der Waals surface area contributed by atoms with Crippen LogP contribution in [0, 0.1) is 17.8 Å². The molecular weight excluding hydrogens is 232 g/mol. The number of nitrogens with zero attached hydrogens (tertiary/aromatic N) is 1. The monoisotopic (exact) mass is 262 g/mol. The molecule has 2 heteroatoms. The van der Waals surface area contributed by atoms with E-state index < -0.39 is 0 Å². The van der Waals surface area contributed by atoms with Gasteiger partial charge in [-0.05, 0) is 82.2 Å². The van der Waals surface area contributed by atoms with Crippen molar-refractivity contribution in [3.8, 4) is 0 Å². The molecule has 2 nitrogen and oxygen atoms in total. The van der Waals surface area contributed by atoms with Crippen molar-refractivity contribution in [3.63, 3.8) is 0 Å². The second-order valence-electron chi connectivity index (χ2n) is 8.00. The largest absolute Gasteiger partial charge is 0.313 e. The Labute approximate surface area is 118 Å². The lowest BCUT2D eigenvalue weighted by Crippen LogP contribution is -2.61. The number of nitrogens with one attached hydrogen (secondary N) is 1. The summed E-state index contributed by atoms with van der Waals surface area (Å²) >= 11 is 0. The van der Waals surface area contributed by atoms with Gasteiger partial charge >= 0.3 is 0 Å². The minimum Gasteiger partial charge on any atom is -0.313 e. The van der Waals surface area contributed by atoms with Crippen LogP contribution < -0.4 is 5.32 Å². The summed E-state index contributed by atoms with van der Waals surface area (Å²) in [6.45, 7) is 6.26. The van der Waals surface area contributed by atoms with Gasteiger partial charge < -0.3 is 5.32 Å². The standard InChI is InChI=1S/C17H30N2/c1-2-16-12-19(5-3-4-18-16)17-9-13-6-14(10-17)8-15(7-13)11-17/h13-16,18H,2-12H2,1H3. The van der Waals surface area contributed by atoms with Crippen LogP contribution in [0.5, 0.6) is 0 Å². The second kappa shape index (κ2) is 4.73. The summed E-state index contributed by atoms with van der Waals surface area (Å²) in [5.74, 6) is 3.26. The highest BCUT2D eigenvalue weighted by atomic mass is 15.2. The molecule has 1 N–H and O–H groups in total. The molecule has 4 bridgehead atoms. The van der Waals surface area contributed by atoms with Crippen LogP contribution in [0.4, 0.5) is 0 Å².